The van der Waals surface area contributed by atoms with Crippen molar-refractivity contribution in [3.8, 4) is 5.75 Å². The van der Waals surface area contributed by atoms with E-state index in [1.54, 1.807) is 0 Å². The quantitative estimate of drug-likeness (QED) is 0.640. The Kier molecular flexibility index (Phi) is 3.52. The van der Waals surface area contributed by atoms with Crippen LogP contribution in [0, 0.1) is 20.8 Å². The molecule has 0 amide bonds. The number of carbonyl (C=O) groups is 1. The molecular weight excluding hydrogens is 265 g/mol. The van der Waals surface area contributed by atoms with Crippen LogP contribution < -0.4 is 9.92 Å². The van der Waals surface area contributed by atoms with Crippen LogP contribution in [0.5, 0.6) is 5.75 Å². The van der Waals surface area contributed by atoms with E-state index in [0.29, 0.717) is 0 Å². The van der Waals surface area contributed by atoms with Crippen LogP contribution in [0.15, 0.2) is 0 Å². The number of benzene rings is 1. The van der Waals surface area contributed by atoms with Crippen LogP contribution in [0.1, 0.15) is 27.0 Å². The number of nitrogens with two attached hydrogens (primary N) is 1. The van der Waals surface area contributed by atoms with Gasteiger partial charge in [-0.3, -0.25) is 0 Å². The summed E-state index contributed by atoms with van der Waals surface area (Å²) in [7, 11) is -5.24. The number of aromatic carboxylic acids is 1. The Hall–Kier alpha value is -1.83. The van der Waals surface area contributed by atoms with Gasteiger partial charge in [-0.25, -0.2) is 4.79 Å². The highest BCUT2D eigenvalue weighted by atomic mass is 32.3. The fourth-order valence-electron chi connectivity index (χ4n) is 1.76. The average molecular weight is 277 g/mol. The second-order valence-corrected chi connectivity index (χ2v) is 4.73. The van der Waals surface area contributed by atoms with Gasteiger partial charge in [-0.05, 0) is 26.3 Å². The molecule has 1 aromatic rings. The zero-order valence-corrected chi connectivity index (χ0v) is 10.8. The highest BCUT2D eigenvalue weighted by Gasteiger charge is 2.24. The molecule has 0 heterocycles. The molecule has 0 aliphatic carbocycles. The Labute approximate surface area is 104 Å². The summed E-state index contributed by atoms with van der Waals surface area (Å²) in [4.78, 5) is 11.1. The van der Waals surface area contributed by atoms with Crippen LogP contribution in [-0.2, 0) is 10.5 Å². The molecule has 6 nitrogen and oxygen atoms in total. The molecule has 0 aromatic heterocycles. The van der Waals surface area contributed by atoms with Crippen molar-refractivity contribution >= 4 is 22.2 Å². The molecule has 1 aromatic carbocycles. The normalized spacial score (nSPS) is 11.3. The fourth-order valence-corrected chi connectivity index (χ4v) is 2.21. The maximum absolute atomic E-state index is 12.6. The second-order valence-electron chi connectivity index (χ2n) is 3.77. The lowest BCUT2D eigenvalue weighted by molar-refractivity contribution is 0.0695. The van der Waals surface area contributed by atoms with E-state index in [9.17, 15) is 17.1 Å². The van der Waals surface area contributed by atoms with Crippen LogP contribution in [0.2, 0.25) is 0 Å². The van der Waals surface area contributed by atoms with Gasteiger partial charge in [0.1, 0.15) is 0 Å². The Morgan fingerprint density at radius 1 is 1.22 bits per heavy atom. The summed E-state index contributed by atoms with van der Waals surface area (Å²) >= 11 is 0. The maximum Gasteiger partial charge on any atom is 0.488 e. The molecule has 0 saturated carbocycles. The lowest BCUT2D eigenvalue weighted by Crippen LogP contribution is -2.12. The van der Waals surface area contributed by atoms with E-state index in [1.165, 1.54) is 20.8 Å². The highest BCUT2D eigenvalue weighted by molar-refractivity contribution is 7.81. The molecule has 1 rings (SSSR count). The number of nitrogen functional groups attached to an aromatic ring is 1. The maximum atomic E-state index is 12.6. The zero-order valence-electron chi connectivity index (χ0n) is 9.94. The third kappa shape index (κ3) is 2.53. The van der Waals surface area contributed by atoms with Gasteiger partial charge in [0.2, 0.25) is 0 Å². The highest BCUT2D eigenvalue weighted by Crippen LogP contribution is 2.35. The minimum atomic E-state index is -5.24. The van der Waals surface area contributed by atoms with Crippen molar-refractivity contribution in [3.05, 3.63) is 22.3 Å². The van der Waals surface area contributed by atoms with Crippen molar-refractivity contribution in [2.45, 2.75) is 20.8 Å². The number of carboxylic acids is 1. The SMILES string of the molecule is Cc1c(N)c(C)c(C(=O)O)c(C)c1OS(=O)(=O)F. The smallest absolute Gasteiger partial charge is 0.478 e. The van der Waals surface area contributed by atoms with Gasteiger partial charge in [0, 0.05) is 16.8 Å². The van der Waals surface area contributed by atoms with Gasteiger partial charge in [-0.15, -0.1) is 0 Å². The van der Waals surface area contributed by atoms with E-state index in [4.69, 9.17) is 10.8 Å². The first-order valence-corrected chi connectivity index (χ1v) is 6.13. The van der Waals surface area contributed by atoms with E-state index < -0.39 is 22.2 Å². The lowest BCUT2D eigenvalue weighted by Gasteiger charge is -2.16. The molecule has 0 radical (unpaired) electrons. The molecule has 8 heteroatoms. The summed E-state index contributed by atoms with van der Waals surface area (Å²) in [6.45, 7) is 4.22. The number of anilines is 1. The van der Waals surface area contributed by atoms with Gasteiger partial charge in [-0.2, -0.15) is 8.42 Å². The standard InChI is InChI=1S/C10H12FNO5S/c1-4-7(10(13)14)5(2)9(6(3)8(4)12)17-18(11,15)16/h12H2,1-3H3,(H,13,14). The van der Waals surface area contributed by atoms with Crippen LogP contribution in [-0.4, -0.2) is 19.5 Å². The third-order valence-electron chi connectivity index (χ3n) is 2.64. The first-order chi connectivity index (χ1) is 8.06. The van der Waals surface area contributed by atoms with Gasteiger partial charge in [-0.1, -0.05) is 3.89 Å². The summed E-state index contributed by atoms with van der Waals surface area (Å²) in [6.07, 6.45) is 0. The number of halogens is 1. The largest absolute Gasteiger partial charge is 0.488 e. The first-order valence-electron chi connectivity index (χ1n) is 4.82. The van der Waals surface area contributed by atoms with E-state index in [2.05, 4.69) is 4.18 Å². The average Bonchev–Trinajstić information content (AvgIpc) is 2.20. The molecule has 100 valence electrons. The Balaban J connectivity index is 3.68. The fraction of sp³-hybridized carbons (Fsp3) is 0.300. The summed E-state index contributed by atoms with van der Waals surface area (Å²) in [5.41, 5.74) is 5.97. The van der Waals surface area contributed by atoms with Crippen molar-refractivity contribution in [1.82, 2.24) is 0 Å². The molecule has 0 spiro atoms. The van der Waals surface area contributed by atoms with E-state index >= 15 is 0 Å². The molecule has 0 unspecified atom stereocenters. The minimum absolute atomic E-state index is 0.00734. The molecule has 0 saturated heterocycles. The van der Waals surface area contributed by atoms with Crippen LogP contribution in [0.25, 0.3) is 0 Å². The summed E-state index contributed by atoms with van der Waals surface area (Å²) in [5, 5.41) is 9.03. The van der Waals surface area contributed by atoms with Crippen molar-refractivity contribution in [1.29, 1.82) is 0 Å². The van der Waals surface area contributed by atoms with Crippen molar-refractivity contribution < 1.29 is 26.4 Å². The molecule has 0 atom stereocenters. The monoisotopic (exact) mass is 277 g/mol. The van der Waals surface area contributed by atoms with Crippen LogP contribution in [0.4, 0.5) is 9.57 Å². The van der Waals surface area contributed by atoms with Crippen molar-refractivity contribution in [2.24, 2.45) is 0 Å². The lowest BCUT2D eigenvalue weighted by atomic mass is 9.96. The second kappa shape index (κ2) is 4.45. The predicted octanol–water partition coefficient (Wildman–Crippen LogP) is 1.49. The number of hydrogen-bond acceptors (Lipinski definition) is 5. The molecule has 3 N–H and O–H groups in total. The molecular formula is C10H12FNO5S. The van der Waals surface area contributed by atoms with Crippen LogP contribution in [0.3, 0.4) is 0 Å². The van der Waals surface area contributed by atoms with Crippen molar-refractivity contribution in [2.75, 3.05) is 5.73 Å². The molecule has 0 fully saturated rings. The van der Waals surface area contributed by atoms with E-state index in [0.717, 1.165) is 0 Å². The van der Waals surface area contributed by atoms with Crippen LogP contribution >= 0.6 is 0 Å². The molecule has 0 aliphatic heterocycles. The van der Waals surface area contributed by atoms with Gasteiger partial charge >= 0.3 is 16.5 Å². The summed E-state index contributed by atoms with van der Waals surface area (Å²) < 4.78 is 37.7. The van der Waals surface area contributed by atoms with Gasteiger partial charge in [0.15, 0.2) is 5.75 Å². The van der Waals surface area contributed by atoms with Gasteiger partial charge in [0.05, 0.1) is 5.56 Å². The van der Waals surface area contributed by atoms with Gasteiger partial charge in [0.25, 0.3) is 0 Å². The molecule has 18 heavy (non-hydrogen) atoms. The molecule has 0 aliphatic rings. The van der Waals surface area contributed by atoms with Gasteiger partial charge < -0.3 is 15.0 Å². The van der Waals surface area contributed by atoms with Crippen molar-refractivity contribution in [3.63, 3.8) is 0 Å². The Bertz CT molecular complexity index is 624. The number of carboxylic acid groups (broad SMARTS) is 1. The number of rotatable bonds is 3. The molecule has 0 bridgehead atoms. The minimum Gasteiger partial charge on any atom is -0.478 e. The topological polar surface area (TPSA) is 107 Å². The number of hydrogen-bond donors (Lipinski definition) is 2. The van der Waals surface area contributed by atoms with E-state index in [-0.39, 0.29) is 27.9 Å². The summed E-state index contributed by atoms with van der Waals surface area (Å²) in [5.74, 6) is -1.68. The summed E-state index contributed by atoms with van der Waals surface area (Å²) in [6, 6.07) is 0. The predicted molar refractivity (Wildman–Crippen MR) is 62.7 cm³/mol. The zero-order chi connectivity index (χ0) is 14.2. The Morgan fingerprint density at radius 3 is 2.11 bits per heavy atom. The van der Waals surface area contributed by atoms with E-state index in [1.807, 2.05) is 0 Å². The Morgan fingerprint density at radius 2 is 1.72 bits per heavy atom. The first kappa shape index (κ1) is 14.2. The third-order valence-corrected chi connectivity index (χ3v) is 3.00.